The lowest BCUT2D eigenvalue weighted by molar-refractivity contribution is -0.116. The molecule has 3 N–H and O–H groups in total. The predicted octanol–water partition coefficient (Wildman–Crippen LogP) is 2.11. The van der Waals surface area contributed by atoms with Gasteiger partial charge < -0.3 is 20.5 Å². The lowest BCUT2D eigenvalue weighted by Gasteiger charge is -2.20. The van der Waals surface area contributed by atoms with E-state index in [1.54, 1.807) is 6.07 Å². The number of carbonyl (C=O) groups is 2. The zero-order valence-corrected chi connectivity index (χ0v) is 12.8. The molecular formula is C15H22N2O4. The Bertz CT molecular complexity index is 521. The number of aromatic carboxylic acids is 1. The molecule has 0 unspecified atom stereocenters. The first-order valence-electron chi connectivity index (χ1n) is 6.69. The van der Waals surface area contributed by atoms with Gasteiger partial charge in [0, 0.05) is 18.5 Å². The molecule has 0 aromatic heterocycles. The van der Waals surface area contributed by atoms with Crippen molar-refractivity contribution in [3.05, 3.63) is 23.8 Å². The summed E-state index contributed by atoms with van der Waals surface area (Å²) in [5, 5.41) is 15.0. The van der Waals surface area contributed by atoms with E-state index in [0.29, 0.717) is 12.3 Å². The summed E-state index contributed by atoms with van der Waals surface area (Å²) >= 11 is 0. The standard InChI is InChI=1S/C15H22N2O4/c1-15(2,3)16-8-7-13(18)17-12-6-5-10(21-4)9-11(12)14(19)20/h5-6,9,16H,7-8H2,1-4H3,(H,17,18)(H,19,20). The van der Waals surface area contributed by atoms with Crippen molar-refractivity contribution in [2.75, 3.05) is 19.0 Å². The van der Waals surface area contributed by atoms with Crippen LogP contribution in [0.3, 0.4) is 0 Å². The number of hydrogen-bond donors (Lipinski definition) is 3. The number of benzene rings is 1. The maximum atomic E-state index is 11.9. The number of ether oxygens (including phenoxy) is 1. The van der Waals surface area contributed by atoms with Gasteiger partial charge in [0.2, 0.25) is 5.91 Å². The van der Waals surface area contributed by atoms with E-state index in [4.69, 9.17) is 9.84 Å². The van der Waals surface area contributed by atoms with Gasteiger partial charge in [0.1, 0.15) is 5.75 Å². The van der Waals surface area contributed by atoms with Gasteiger partial charge in [-0.2, -0.15) is 0 Å². The van der Waals surface area contributed by atoms with Crippen LogP contribution >= 0.6 is 0 Å². The van der Waals surface area contributed by atoms with E-state index in [1.807, 2.05) is 20.8 Å². The second-order valence-corrected chi connectivity index (χ2v) is 5.69. The molecule has 0 heterocycles. The van der Waals surface area contributed by atoms with Gasteiger partial charge in [0.05, 0.1) is 18.4 Å². The molecule has 0 fully saturated rings. The Hall–Kier alpha value is -2.08. The average Bonchev–Trinajstić information content (AvgIpc) is 2.37. The van der Waals surface area contributed by atoms with Crippen LogP contribution in [0.4, 0.5) is 5.69 Å². The van der Waals surface area contributed by atoms with Crippen LogP contribution in [0, 0.1) is 0 Å². The number of carboxylic acids is 1. The van der Waals surface area contributed by atoms with Gasteiger partial charge in [-0.3, -0.25) is 4.79 Å². The number of methoxy groups -OCH3 is 1. The number of hydrogen-bond acceptors (Lipinski definition) is 4. The van der Waals surface area contributed by atoms with Crippen LogP contribution < -0.4 is 15.4 Å². The van der Waals surface area contributed by atoms with Crippen LogP contribution in [0.5, 0.6) is 5.75 Å². The minimum atomic E-state index is -1.11. The molecule has 1 amide bonds. The van der Waals surface area contributed by atoms with E-state index in [-0.39, 0.29) is 29.1 Å². The lowest BCUT2D eigenvalue weighted by atomic mass is 10.1. The van der Waals surface area contributed by atoms with Crippen LogP contribution in [-0.2, 0) is 4.79 Å². The number of anilines is 1. The van der Waals surface area contributed by atoms with Gasteiger partial charge in [0.15, 0.2) is 0 Å². The van der Waals surface area contributed by atoms with Gasteiger partial charge in [-0.15, -0.1) is 0 Å². The fourth-order valence-corrected chi connectivity index (χ4v) is 1.70. The summed E-state index contributed by atoms with van der Waals surface area (Å²) in [5.41, 5.74) is 0.211. The van der Waals surface area contributed by atoms with E-state index >= 15 is 0 Å². The summed E-state index contributed by atoms with van der Waals surface area (Å²) in [6.45, 7) is 6.55. The van der Waals surface area contributed by atoms with E-state index in [0.717, 1.165) is 0 Å². The van der Waals surface area contributed by atoms with Gasteiger partial charge in [-0.05, 0) is 39.0 Å². The molecule has 0 bridgehead atoms. The number of carbonyl (C=O) groups excluding carboxylic acids is 1. The first-order valence-corrected chi connectivity index (χ1v) is 6.69. The molecular weight excluding hydrogens is 272 g/mol. The Morgan fingerprint density at radius 1 is 1.29 bits per heavy atom. The summed E-state index contributed by atoms with van der Waals surface area (Å²) in [6, 6.07) is 4.51. The Labute approximate surface area is 124 Å². The molecule has 1 aromatic carbocycles. The Morgan fingerprint density at radius 2 is 1.95 bits per heavy atom. The van der Waals surface area contributed by atoms with Crippen LogP contribution in [-0.4, -0.2) is 36.2 Å². The van der Waals surface area contributed by atoms with Crippen molar-refractivity contribution in [2.24, 2.45) is 0 Å². The van der Waals surface area contributed by atoms with E-state index in [9.17, 15) is 9.59 Å². The van der Waals surface area contributed by atoms with Gasteiger partial charge in [-0.25, -0.2) is 4.79 Å². The molecule has 0 aliphatic heterocycles. The van der Waals surface area contributed by atoms with Crippen molar-refractivity contribution >= 4 is 17.6 Å². The molecule has 0 atom stereocenters. The predicted molar refractivity (Wildman–Crippen MR) is 81.0 cm³/mol. The third-order valence-electron chi connectivity index (χ3n) is 2.74. The third-order valence-corrected chi connectivity index (χ3v) is 2.74. The largest absolute Gasteiger partial charge is 0.497 e. The van der Waals surface area contributed by atoms with E-state index in [1.165, 1.54) is 19.2 Å². The van der Waals surface area contributed by atoms with E-state index < -0.39 is 5.97 Å². The first-order chi connectivity index (χ1) is 9.73. The fraction of sp³-hybridized carbons (Fsp3) is 0.467. The Balaban J connectivity index is 2.69. The highest BCUT2D eigenvalue weighted by Gasteiger charge is 2.14. The van der Waals surface area contributed by atoms with Crippen LogP contribution in [0.15, 0.2) is 18.2 Å². The smallest absolute Gasteiger partial charge is 0.337 e. The second-order valence-electron chi connectivity index (χ2n) is 5.69. The molecule has 0 saturated heterocycles. The summed E-state index contributed by atoms with van der Waals surface area (Å²) in [4.78, 5) is 23.1. The highest BCUT2D eigenvalue weighted by Crippen LogP contribution is 2.22. The minimum Gasteiger partial charge on any atom is -0.497 e. The molecule has 0 aliphatic rings. The Kier molecular flexibility index (Phi) is 5.72. The summed E-state index contributed by atoms with van der Waals surface area (Å²) < 4.78 is 4.98. The molecule has 0 radical (unpaired) electrons. The van der Waals surface area contributed by atoms with Crippen molar-refractivity contribution in [1.29, 1.82) is 0 Å². The maximum Gasteiger partial charge on any atom is 0.337 e. The lowest BCUT2D eigenvalue weighted by Crippen LogP contribution is -2.37. The third kappa shape index (κ3) is 5.83. The van der Waals surface area contributed by atoms with Gasteiger partial charge in [0.25, 0.3) is 0 Å². The molecule has 21 heavy (non-hydrogen) atoms. The van der Waals surface area contributed by atoms with Crippen LogP contribution in [0.1, 0.15) is 37.6 Å². The fourth-order valence-electron chi connectivity index (χ4n) is 1.70. The van der Waals surface area contributed by atoms with Crippen molar-refractivity contribution in [3.63, 3.8) is 0 Å². The molecule has 0 saturated carbocycles. The topological polar surface area (TPSA) is 87.7 Å². The minimum absolute atomic E-state index is 0.00600. The monoisotopic (exact) mass is 294 g/mol. The Morgan fingerprint density at radius 3 is 2.48 bits per heavy atom. The zero-order valence-electron chi connectivity index (χ0n) is 12.8. The summed E-state index contributed by atoms with van der Waals surface area (Å²) in [6.07, 6.45) is 0.266. The molecule has 6 nitrogen and oxygen atoms in total. The highest BCUT2D eigenvalue weighted by atomic mass is 16.5. The van der Waals surface area contributed by atoms with Gasteiger partial charge >= 0.3 is 5.97 Å². The zero-order chi connectivity index (χ0) is 16.0. The molecule has 1 rings (SSSR count). The second kappa shape index (κ2) is 7.08. The van der Waals surface area contributed by atoms with Crippen LogP contribution in [0.25, 0.3) is 0 Å². The number of carboxylic acid groups (broad SMARTS) is 1. The normalized spacial score (nSPS) is 11.0. The van der Waals surface area contributed by atoms with Crippen molar-refractivity contribution in [3.8, 4) is 5.75 Å². The average molecular weight is 294 g/mol. The SMILES string of the molecule is COc1ccc(NC(=O)CCNC(C)(C)C)c(C(=O)O)c1. The van der Waals surface area contributed by atoms with Crippen molar-refractivity contribution in [2.45, 2.75) is 32.7 Å². The molecule has 6 heteroatoms. The molecule has 0 aliphatic carbocycles. The van der Waals surface area contributed by atoms with Gasteiger partial charge in [-0.1, -0.05) is 0 Å². The number of rotatable bonds is 6. The molecule has 1 aromatic rings. The van der Waals surface area contributed by atoms with Crippen molar-refractivity contribution in [1.82, 2.24) is 5.32 Å². The highest BCUT2D eigenvalue weighted by molar-refractivity contribution is 6.00. The maximum absolute atomic E-state index is 11.9. The quantitative estimate of drug-likeness (QED) is 0.748. The number of amides is 1. The first kappa shape index (κ1) is 17.0. The van der Waals surface area contributed by atoms with E-state index in [2.05, 4.69) is 10.6 Å². The van der Waals surface area contributed by atoms with Crippen LogP contribution in [0.2, 0.25) is 0 Å². The molecule has 116 valence electrons. The van der Waals surface area contributed by atoms with Crippen molar-refractivity contribution < 1.29 is 19.4 Å². The molecule has 0 spiro atoms. The summed E-state index contributed by atoms with van der Waals surface area (Å²) in [7, 11) is 1.46. The summed E-state index contributed by atoms with van der Waals surface area (Å²) in [5.74, 6) is -0.920. The number of nitrogens with one attached hydrogen (secondary N) is 2.